The van der Waals surface area contributed by atoms with Gasteiger partial charge in [-0.15, -0.1) is 11.3 Å². The highest BCUT2D eigenvalue weighted by molar-refractivity contribution is 9.10. The number of aromatic carboxylic acids is 1. The molecule has 21 heavy (non-hydrogen) atoms. The van der Waals surface area contributed by atoms with Crippen molar-refractivity contribution in [3.8, 4) is 10.6 Å². The van der Waals surface area contributed by atoms with Gasteiger partial charge in [0.25, 0.3) is 0 Å². The maximum absolute atomic E-state index is 11.6. The van der Waals surface area contributed by atoms with Gasteiger partial charge in [0.1, 0.15) is 5.01 Å². The number of benzene rings is 2. The fraction of sp³-hybridized carbons (Fsp3) is 0.125. The Hall–Kier alpha value is -1.72. The minimum absolute atomic E-state index is 0.341. The Balaban J connectivity index is 2.32. The van der Waals surface area contributed by atoms with Crippen LogP contribution in [0.25, 0.3) is 20.8 Å². The van der Waals surface area contributed by atoms with Gasteiger partial charge in [0.05, 0.1) is 15.8 Å². The summed E-state index contributed by atoms with van der Waals surface area (Å²) in [6.45, 7) is 3.74. The van der Waals surface area contributed by atoms with Crippen LogP contribution in [0.3, 0.4) is 0 Å². The second kappa shape index (κ2) is 5.24. The molecule has 106 valence electrons. The lowest BCUT2D eigenvalue weighted by molar-refractivity contribution is 0.0697. The number of thiazole rings is 1. The summed E-state index contributed by atoms with van der Waals surface area (Å²) in [5.74, 6) is -0.911. The summed E-state index contributed by atoms with van der Waals surface area (Å²) in [6.07, 6.45) is 0. The number of fused-ring (bicyclic) bond motifs is 1. The molecule has 0 bridgehead atoms. The highest BCUT2D eigenvalue weighted by atomic mass is 79.9. The smallest absolute Gasteiger partial charge is 0.336 e. The molecule has 0 aliphatic carbocycles. The van der Waals surface area contributed by atoms with Gasteiger partial charge < -0.3 is 5.11 Å². The molecule has 0 amide bonds. The molecule has 1 aromatic heterocycles. The van der Waals surface area contributed by atoms with E-state index in [1.807, 2.05) is 44.2 Å². The summed E-state index contributed by atoms with van der Waals surface area (Å²) < 4.78 is 2.01. The van der Waals surface area contributed by atoms with Crippen LogP contribution in [0, 0.1) is 13.8 Å². The van der Waals surface area contributed by atoms with Gasteiger partial charge in [0.2, 0.25) is 0 Å². The number of halogens is 1. The third-order valence-corrected chi connectivity index (χ3v) is 4.95. The Kier molecular flexibility index (Phi) is 3.55. The van der Waals surface area contributed by atoms with E-state index < -0.39 is 5.97 Å². The number of aryl methyl sites for hydroxylation is 2. The van der Waals surface area contributed by atoms with Crippen molar-refractivity contribution in [3.63, 3.8) is 0 Å². The summed E-state index contributed by atoms with van der Waals surface area (Å²) in [6, 6.07) is 9.68. The van der Waals surface area contributed by atoms with E-state index in [-0.39, 0.29) is 0 Å². The normalized spacial score (nSPS) is 11.0. The Morgan fingerprint density at radius 3 is 2.62 bits per heavy atom. The van der Waals surface area contributed by atoms with Crippen molar-refractivity contribution in [2.24, 2.45) is 0 Å². The molecule has 2 aromatic carbocycles. The highest BCUT2D eigenvalue weighted by Gasteiger charge is 2.19. The number of carboxylic acids is 1. The summed E-state index contributed by atoms with van der Waals surface area (Å²) in [7, 11) is 0. The molecule has 1 heterocycles. The fourth-order valence-corrected chi connectivity index (χ4v) is 3.78. The molecule has 3 nitrogen and oxygen atoms in total. The van der Waals surface area contributed by atoms with Crippen molar-refractivity contribution in [2.75, 3.05) is 0 Å². The maximum Gasteiger partial charge on any atom is 0.336 e. The highest BCUT2D eigenvalue weighted by Crippen LogP contribution is 2.36. The van der Waals surface area contributed by atoms with Gasteiger partial charge in [-0.3, -0.25) is 0 Å². The molecule has 0 spiro atoms. The lowest BCUT2D eigenvalue weighted by Crippen LogP contribution is -2.04. The van der Waals surface area contributed by atoms with Crippen LogP contribution >= 0.6 is 27.3 Å². The number of rotatable bonds is 2. The van der Waals surface area contributed by atoms with Gasteiger partial charge in [-0.25, -0.2) is 9.78 Å². The van der Waals surface area contributed by atoms with Crippen LogP contribution in [0.15, 0.2) is 34.8 Å². The van der Waals surface area contributed by atoms with E-state index in [0.29, 0.717) is 5.56 Å². The molecule has 3 aromatic rings. The molecular formula is C16H12BrNO2S. The van der Waals surface area contributed by atoms with Crippen molar-refractivity contribution in [1.82, 2.24) is 4.98 Å². The summed E-state index contributed by atoms with van der Waals surface area (Å²) >= 11 is 4.95. The predicted octanol–water partition coefficient (Wildman–Crippen LogP) is 5.04. The van der Waals surface area contributed by atoms with Crippen molar-refractivity contribution in [2.45, 2.75) is 13.8 Å². The first-order chi connectivity index (χ1) is 9.97. The van der Waals surface area contributed by atoms with Crippen LogP contribution in [-0.4, -0.2) is 16.1 Å². The van der Waals surface area contributed by atoms with Gasteiger partial charge in [-0.1, -0.05) is 28.1 Å². The van der Waals surface area contributed by atoms with E-state index in [2.05, 4.69) is 20.9 Å². The van der Waals surface area contributed by atoms with Crippen molar-refractivity contribution < 1.29 is 9.90 Å². The van der Waals surface area contributed by atoms with E-state index in [1.165, 1.54) is 11.3 Å². The molecule has 1 N–H and O–H groups in total. The molecule has 0 aliphatic heterocycles. The zero-order chi connectivity index (χ0) is 15.1. The average molecular weight is 362 g/mol. The number of carbonyl (C=O) groups is 1. The van der Waals surface area contributed by atoms with Crippen LogP contribution in [-0.2, 0) is 0 Å². The topological polar surface area (TPSA) is 50.2 Å². The third kappa shape index (κ3) is 2.47. The quantitative estimate of drug-likeness (QED) is 0.695. The Bertz CT molecular complexity index is 870. The van der Waals surface area contributed by atoms with Crippen LogP contribution in [0.4, 0.5) is 0 Å². The zero-order valence-corrected chi connectivity index (χ0v) is 13.9. The number of hydrogen-bond acceptors (Lipinski definition) is 3. The Morgan fingerprint density at radius 1 is 1.19 bits per heavy atom. The van der Waals surface area contributed by atoms with Gasteiger partial charge in [-0.2, -0.15) is 0 Å². The van der Waals surface area contributed by atoms with E-state index >= 15 is 0 Å². The van der Waals surface area contributed by atoms with Crippen LogP contribution in [0.1, 0.15) is 21.5 Å². The molecule has 0 unspecified atom stereocenters. The second-order valence-electron chi connectivity index (χ2n) is 4.89. The van der Waals surface area contributed by atoms with Gasteiger partial charge in [-0.05, 0) is 43.2 Å². The lowest BCUT2D eigenvalue weighted by atomic mass is 9.98. The van der Waals surface area contributed by atoms with E-state index in [1.54, 1.807) is 0 Å². The molecule has 0 fully saturated rings. The molecule has 0 saturated heterocycles. The van der Waals surface area contributed by atoms with Crippen molar-refractivity contribution in [1.29, 1.82) is 0 Å². The molecular weight excluding hydrogens is 350 g/mol. The molecule has 0 saturated carbocycles. The molecule has 0 aliphatic rings. The molecule has 0 radical (unpaired) electrons. The Morgan fingerprint density at radius 2 is 1.90 bits per heavy atom. The fourth-order valence-electron chi connectivity index (χ4n) is 2.37. The van der Waals surface area contributed by atoms with E-state index in [4.69, 9.17) is 0 Å². The third-order valence-electron chi connectivity index (χ3n) is 3.40. The second-order valence-corrected chi connectivity index (χ2v) is 6.83. The van der Waals surface area contributed by atoms with Crippen LogP contribution < -0.4 is 0 Å². The molecule has 3 rings (SSSR count). The van der Waals surface area contributed by atoms with Crippen LogP contribution in [0.5, 0.6) is 0 Å². The SMILES string of the molecule is Cc1ccc(C)c(-c2nc3cc(Br)ccc3s2)c1C(=O)O. The molecule has 0 atom stereocenters. The molecule has 5 heteroatoms. The first kappa shape index (κ1) is 14.2. The maximum atomic E-state index is 11.6. The largest absolute Gasteiger partial charge is 0.478 e. The lowest BCUT2D eigenvalue weighted by Gasteiger charge is -2.09. The zero-order valence-electron chi connectivity index (χ0n) is 11.5. The Labute approximate surface area is 134 Å². The van der Waals surface area contributed by atoms with Gasteiger partial charge >= 0.3 is 5.97 Å². The number of hydrogen-bond donors (Lipinski definition) is 1. The predicted molar refractivity (Wildman–Crippen MR) is 89.2 cm³/mol. The van der Waals surface area contributed by atoms with Crippen LogP contribution in [0.2, 0.25) is 0 Å². The number of nitrogens with zero attached hydrogens (tertiary/aromatic N) is 1. The summed E-state index contributed by atoms with van der Waals surface area (Å²) in [5, 5.41) is 10.3. The first-order valence-corrected chi connectivity index (χ1v) is 7.98. The number of aromatic nitrogens is 1. The van der Waals surface area contributed by atoms with E-state index in [9.17, 15) is 9.90 Å². The number of carboxylic acid groups (broad SMARTS) is 1. The minimum atomic E-state index is -0.911. The van der Waals surface area contributed by atoms with Gasteiger partial charge in [0.15, 0.2) is 0 Å². The van der Waals surface area contributed by atoms with E-state index in [0.717, 1.165) is 36.4 Å². The first-order valence-electron chi connectivity index (χ1n) is 6.37. The van der Waals surface area contributed by atoms with Gasteiger partial charge in [0, 0.05) is 10.0 Å². The standard InChI is InChI=1S/C16H12BrNO2S/c1-8-3-4-9(2)14(16(19)20)13(8)15-18-11-7-10(17)5-6-12(11)21-15/h3-7H,1-2H3,(H,19,20). The summed E-state index contributed by atoms with van der Waals surface area (Å²) in [4.78, 5) is 16.2. The monoisotopic (exact) mass is 361 g/mol. The summed E-state index contributed by atoms with van der Waals surface area (Å²) in [5.41, 5.74) is 3.62. The average Bonchev–Trinajstić information content (AvgIpc) is 2.83. The van der Waals surface area contributed by atoms with Crippen molar-refractivity contribution in [3.05, 3.63) is 51.5 Å². The van der Waals surface area contributed by atoms with Crippen molar-refractivity contribution >= 4 is 43.5 Å². The minimum Gasteiger partial charge on any atom is -0.478 e.